The minimum atomic E-state index is -0.337. The molecule has 4 nitrogen and oxygen atoms in total. The van der Waals surface area contributed by atoms with Gasteiger partial charge >= 0.3 is 0 Å². The smallest absolute Gasteiger partial charge is 0.257 e. The maximum absolute atomic E-state index is 13.5. The highest BCUT2D eigenvalue weighted by Gasteiger charge is 2.28. The van der Waals surface area contributed by atoms with Gasteiger partial charge in [-0.25, -0.2) is 4.39 Å². The zero-order valence-electron chi connectivity index (χ0n) is 12.7. The Kier molecular flexibility index (Phi) is 4.11. The Morgan fingerprint density at radius 1 is 1.33 bits per heavy atom. The van der Waals surface area contributed by atoms with Crippen LogP contribution in [0.1, 0.15) is 48.1 Å². The summed E-state index contributed by atoms with van der Waals surface area (Å²) in [5.74, 6) is -0.177. The van der Waals surface area contributed by atoms with E-state index in [-0.39, 0.29) is 23.7 Å². The van der Waals surface area contributed by atoms with Crippen LogP contribution in [0.2, 0.25) is 0 Å². The van der Waals surface area contributed by atoms with E-state index in [9.17, 15) is 9.18 Å². The van der Waals surface area contributed by atoms with Crippen LogP contribution in [0.3, 0.4) is 0 Å². The molecule has 5 heteroatoms. The summed E-state index contributed by atoms with van der Waals surface area (Å²) in [5.41, 5.74) is 1.17. The number of benzene rings is 1. The summed E-state index contributed by atoms with van der Waals surface area (Å²) in [6.45, 7) is 7.69. The van der Waals surface area contributed by atoms with Crippen molar-refractivity contribution in [1.29, 1.82) is 0 Å². The fraction of sp³-hybridized carbons (Fsp3) is 0.375. The number of hydrogen-bond donors (Lipinski definition) is 1. The minimum Gasteiger partial charge on any atom is -0.361 e. The summed E-state index contributed by atoms with van der Waals surface area (Å²) in [4.78, 5) is 12.3. The van der Waals surface area contributed by atoms with Gasteiger partial charge in [0.25, 0.3) is 5.91 Å². The van der Waals surface area contributed by atoms with E-state index in [0.29, 0.717) is 22.6 Å². The molecule has 0 fully saturated rings. The normalized spacial score (nSPS) is 11.5. The Balaban J connectivity index is 2.19. The lowest BCUT2D eigenvalue weighted by molar-refractivity contribution is 0.0947. The van der Waals surface area contributed by atoms with E-state index < -0.39 is 0 Å². The molecule has 1 amide bonds. The molecule has 2 aromatic rings. The van der Waals surface area contributed by atoms with Gasteiger partial charge in [0, 0.05) is 17.5 Å². The van der Waals surface area contributed by atoms with Crippen molar-refractivity contribution in [2.24, 2.45) is 0 Å². The van der Waals surface area contributed by atoms with Crippen molar-refractivity contribution in [2.45, 2.75) is 39.7 Å². The van der Waals surface area contributed by atoms with E-state index in [1.54, 1.807) is 25.1 Å². The monoisotopic (exact) mass is 290 g/mol. The van der Waals surface area contributed by atoms with E-state index in [4.69, 9.17) is 4.52 Å². The molecule has 1 heterocycles. The van der Waals surface area contributed by atoms with Crippen molar-refractivity contribution < 1.29 is 13.7 Å². The van der Waals surface area contributed by atoms with Crippen LogP contribution in [-0.2, 0) is 12.0 Å². The molecule has 0 unspecified atom stereocenters. The average molecular weight is 290 g/mol. The Labute approximate surface area is 123 Å². The maximum Gasteiger partial charge on any atom is 0.257 e. The van der Waals surface area contributed by atoms with Gasteiger partial charge in [-0.2, -0.15) is 0 Å². The molecule has 1 aromatic heterocycles. The summed E-state index contributed by atoms with van der Waals surface area (Å²) in [5, 5.41) is 6.69. The van der Waals surface area contributed by atoms with Crippen LogP contribution in [0, 0.1) is 12.7 Å². The molecular formula is C16H19FN2O2. The predicted molar refractivity (Wildman–Crippen MR) is 77.5 cm³/mol. The van der Waals surface area contributed by atoms with Crippen molar-refractivity contribution in [3.63, 3.8) is 0 Å². The Bertz CT molecular complexity index is 657. The van der Waals surface area contributed by atoms with Crippen molar-refractivity contribution in [1.82, 2.24) is 10.5 Å². The van der Waals surface area contributed by atoms with E-state index in [1.807, 2.05) is 20.8 Å². The van der Waals surface area contributed by atoms with Crippen molar-refractivity contribution >= 4 is 5.91 Å². The van der Waals surface area contributed by atoms with Gasteiger partial charge in [-0.1, -0.05) is 44.1 Å². The predicted octanol–water partition coefficient (Wildman–Crippen LogP) is 3.35. The van der Waals surface area contributed by atoms with E-state index in [1.165, 1.54) is 6.07 Å². The molecule has 1 N–H and O–H groups in total. The van der Waals surface area contributed by atoms with Crippen molar-refractivity contribution in [2.75, 3.05) is 0 Å². The van der Waals surface area contributed by atoms with Crippen LogP contribution in [0.15, 0.2) is 28.8 Å². The highest BCUT2D eigenvalue weighted by atomic mass is 19.1. The summed E-state index contributed by atoms with van der Waals surface area (Å²) in [7, 11) is 0. The number of nitrogens with one attached hydrogen (secondary N) is 1. The van der Waals surface area contributed by atoms with Crippen LogP contribution < -0.4 is 5.32 Å². The first-order valence-corrected chi connectivity index (χ1v) is 6.79. The molecule has 0 aliphatic carbocycles. The summed E-state index contributed by atoms with van der Waals surface area (Å²) in [6.07, 6.45) is 0. The molecule has 0 saturated carbocycles. The number of amides is 1. The standard InChI is InChI=1S/C16H19FN2O2/c1-10-13(14(19-21-10)16(2,3)4)15(20)18-9-11-7-5-6-8-12(11)17/h5-8H,9H2,1-4H3,(H,18,20). The lowest BCUT2D eigenvalue weighted by Crippen LogP contribution is -2.27. The van der Waals surface area contributed by atoms with E-state index >= 15 is 0 Å². The third-order valence-electron chi connectivity index (χ3n) is 3.20. The quantitative estimate of drug-likeness (QED) is 0.943. The number of aryl methyl sites for hydroxylation is 1. The number of rotatable bonds is 3. The molecule has 0 aliphatic heterocycles. The first kappa shape index (κ1) is 15.2. The second-order valence-electron chi connectivity index (χ2n) is 5.99. The van der Waals surface area contributed by atoms with Gasteiger partial charge in [0.05, 0.1) is 0 Å². The molecule has 0 radical (unpaired) electrons. The molecule has 0 saturated heterocycles. The third kappa shape index (κ3) is 3.29. The zero-order valence-corrected chi connectivity index (χ0v) is 12.7. The topological polar surface area (TPSA) is 55.1 Å². The fourth-order valence-corrected chi connectivity index (χ4v) is 2.06. The third-order valence-corrected chi connectivity index (χ3v) is 3.20. The number of halogens is 1. The van der Waals surface area contributed by atoms with Gasteiger partial charge in [0.15, 0.2) is 0 Å². The number of carbonyl (C=O) groups excluding carboxylic acids is 1. The van der Waals surface area contributed by atoms with Crippen LogP contribution in [0.5, 0.6) is 0 Å². The van der Waals surface area contributed by atoms with Crippen LogP contribution in [0.4, 0.5) is 4.39 Å². The average Bonchev–Trinajstić information content (AvgIpc) is 2.79. The molecule has 2 rings (SSSR count). The SMILES string of the molecule is Cc1onc(C(C)(C)C)c1C(=O)NCc1ccccc1F. The van der Waals surface area contributed by atoms with Gasteiger partial charge in [0.2, 0.25) is 0 Å². The van der Waals surface area contributed by atoms with Gasteiger partial charge in [-0.15, -0.1) is 0 Å². The Morgan fingerprint density at radius 2 is 2.00 bits per heavy atom. The first-order chi connectivity index (χ1) is 9.80. The number of nitrogens with zero attached hydrogens (tertiary/aromatic N) is 1. The summed E-state index contributed by atoms with van der Waals surface area (Å²) < 4.78 is 18.7. The number of hydrogen-bond acceptors (Lipinski definition) is 3. The van der Waals surface area contributed by atoms with E-state index in [0.717, 1.165) is 0 Å². The molecule has 0 bridgehead atoms. The molecule has 0 atom stereocenters. The number of carbonyl (C=O) groups is 1. The second-order valence-corrected chi connectivity index (χ2v) is 5.99. The molecule has 21 heavy (non-hydrogen) atoms. The molecule has 0 aliphatic rings. The fourth-order valence-electron chi connectivity index (χ4n) is 2.06. The molecular weight excluding hydrogens is 271 g/mol. The van der Waals surface area contributed by atoms with Crippen molar-refractivity contribution in [3.8, 4) is 0 Å². The molecule has 112 valence electrons. The van der Waals surface area contributed by atoms with E-state index in [2.05, 4.69) is 10.5 Å². The van der Waals surface area contributed by atoms with Crippen LogP contribution >= 0.6 is 0 Å². The minimum absolute atomic E-state index is 0.125. The lowest BCUT2D eigenvalue weighted by atomic mass is 9.88. The zero-order chi connectivity index (χ0) is 15.6. The van der Waals surface area contributed by atoms with Crippen LogP contribution in [-0.4, -0.2) is 11.1 Å². The summed E-state index contributed by atoms with van der Waals surface area (Å²) >= 11 is 0. The highest BCUT2D eigenvalue weighted by molar-refractivity contribution is 5.96. The first-order valence-electron chi connectivity index (χ1n) is 6.79. The van der Waals surface area contributed by atoms with Crippen molar-refractivity contribution in [3.05, 3.63) is 52.7 Å². The number of aromatic nitrogens is 1. The van der Waals surface area contributed by atoms with Gasteiger partial charge in [-0.05, 0) is 13.0 Å². The molecule has 1 aromatic carbocycles. The summed E-state index contributed by atoms with van der Waals surface area (Å²) in [6, 6.07) is 6.35. The van der Waals surface area contributed by atoms with Gasteiger partial charge < -0.3 is 9.84 Å². The lowest BCUT2D eigenvalue weighted by Gasteiger charge is -2.16. The second kappa shape index (κ2) is 5.68. The van der Waals surface area contributed by atoms with Gasteiger partial charge in [-0.3, -0.25) is 4.79 Å². The van der Waals surface area contributed by atoms with Gasteiger partial charge in [0.1, 0.15) is 22.8 Å². The Morgan fingerprint density at radius 3 is 2.62 bits per heavy atom. The largest absolute Gasteiger partial charge is 0.361 e. The maximum atomic E-state index is 13.5. The highest BCUT2D eigenvalue weighted by Crippen LogP contribution is 2.26. The molecule has 0 spiro atoms. The Hall–Kier alpha value is -2.17. The van der Waals surface area contributed by atoms with Crippen LogP contribution in [0.25, 0.3) is 0 Å².